The van der Waals surface area contributed by atoms with Crippen molar-refractivity contribution in [2.75, 3.05) is 0 Å². The largest absolute Gasteiger partial charge is 0.465 e. The Hall–Kier alpha value is -6.82. The zero-order valence-corrected chi connectivity index (χ0v) is 17.9. The number of nitro benzene ring substituents is 6. The average Bonchev–Trinajstić information content (AvgIpc) is 3.18. The highest BCUT2D eigenvalue weighted by atomic mass is 16.7. The molecule has 0 aliphatic carbocycles. The second kappa shape index (κ2) is 9.33. The highest BCUT2D eigenvalue weighted by molar-refractivity contribution is 5.72. The first kappa shape index (κ1) is 26.8. The summed E-state index contributed by atoms with van der Waals surface area (Å²) in [5.41, 5.74) is -13.9. The quantitative estimate of drug-likeness (QED) is 0.266. The minimum atomic E-state index is -2.07. The number of hydrogen-bond acceptors (Lipinski definition) is 16. The van der Waals surface area contributed by atoms with Crippen LogP contribution in [0.2, 0.25) is 0 Å². The van der Waals surface area contributed by atoms with Crippen molar-refractivity contribution in [3.8, 4) is 11.4 Å². The van der Waals surface area contributed by atoms with Crippen LogP contribution in [0.5, 0.6) is 0 Å². The van der Waals surface area contributed by atoms with E-state index in [1.807, 2.05) is 0 Å². The van der Waals surface area contributed by atoms with Crippen LogP contribution in [0.3, 0.4) is 0 Å². The fourth-order valence-corrected chi connectivity index (χ4v) is 3.21. The molecule has 0 saturated carbocycles. The molecule has 0 unspecified atom stereocenters. The molecule has 200 valence electrons. The summed E-state index contributed by atoms with van der Waals surface area (Å²) >= 11 is 0. The van der Waals surface area contributed by atoms with Gasteiger partial charge in [0.2, 0.25) is 5.69 Å². The molecule has 0 bridgehead atoms. The molecule has 25 heteroatoms. The van der Waals surface area contributed by atoms with Gasteiger partial charge in [0.15, 0.2) is 0 Å². The second-order valence-electron chi connectivity index (χ2n) is 6.79. The van der Waals surface area contributed by atoms with Crippen LogP contribution < -0.4 is 5.69 Å². The standard InChI is InChI=1S/C14H4N10O15/c25-14-16(11-7(20(30)31)1-5(18(26)27)2-8(11)21(32)33)13(24(38)39)15-17(14)12-9(22(34)35)3-6(19(28)29)4-10(12)23(36)37/h1-4H/i16+1. The van der Waals surface area contributed by atoms with Crippen molar-refractivity contribution < 1.29 is 34.5 Å². The highest BCUT2D eigenvalue weighted by Gasteiger charge is 2.43. The first-order valence-electron chi connectivity index (χ1n) is 9.18. The maximum absolute atomic E-state index is 13.2. The first-order valence-corrected chi connectivity index (χ1v) is 9.18. The number of nitro groups is 7. The van der Waals surface area contributed by atoms with Gasteiger partial charge in [-0.25, -0.2) is 4.79 Å². The SMILES string of the molecule is O=c1n(-c2c([N+](=O)[O-])cc([N+](=O)[O-])cc2[N+](=O)[O-])nc([N+](=O)[O-])[15n]1-c1c([N+](=O)[O-])cc([N+](=O)[O-])cc1[N+](=O)[O-]. The van der Waals surface area contributed by atoms with Crippen LogP contribution in [0.4, 0.5) is 40.1 Å². The monoisotopic (exact) mass is 553 g/mol. The molecule has 25 nitrogen and oxygen atoms in total. The lowest BCUT2D eigenvalue weighted by Crippen LogP contribution is -2.25. The predicted octanol–water partition coefficient (Wildman–Crippen LogP) is 1.38. The summed E-state index contributed by atoms with van der Waals surface area (Å²) in [6.07, 6.45) is 0. The van der Waals surface area contributed by atoms with Crippen molar-refractivity contribution >= 4 is 40.1 Å². The molecule has 0 radical (unpaired) electrons. The molecule has 3 rings (SSSR count). The first-order chi connectivity index (χ1) is 18.1. The van der Waals surface area contributed by atoms with Gasteiger partial charge in [-0.15, -0.1) is 4.57 Å². The maximum atomic E-state index is 13.2. The van der Waals surface area contributed by atoms with Crippen molar-refractivity contribution in [1.29, 1.82) is 0 Å². The molecule has 0 aliphatic rings. The molecule has 0 spiro atoms. The number of non-ortho nitro benzene ring substituents is 2. The van der Waals surface area contributed by atoms with Gasteiger partial charge in [0.05, 0.1) is 53.8 Å². The third-order valence-electron chi connectivity index (χ3n) is 4.68. The van der Waals surface area contributed by atoms with Crippen molar-refractivity contribution in [2.45, 2.75) is 0 Å². The van der Waals surface area contributed by atoms with E-state index in [2.05, 4.69) is 5.10 Å². The van der Waals surface area contributed by atoms with Crippen molar-refractivity contribution in [3.63, 3.8) is 0 Å². The molecule has 0 amide bonds. The lowest BCUT2D eigenvalue weighted by Gasteiger charge is -2.03. The molecule has 0 atom stereocenters. The van der Waals surface area contributed by atoms with Gasteiger partial charge in [-0.1, -0.05) is 4.68 Å². The van der Waals surface area contributed by atoms with Gasteiger partial charge < -0.3 is 10.1 Å². The van der Waals surface area contributed by atoms with Gasteiger partial charge in [-0.3, -0.25) is 60.7 Å². The lowest BCUT2D eigenvalue weighted by molar-refractivity contribution is -0.405. The molecule has 0 N–H and O–H groups in total. The van der Waals surface area contributed by atoms with E-state index < -0.39 is 101 Å². The fraction of sp³-hybridized carbons (Fsp3) is 0. The van der Waals surface area contributed by atoms with Crippen LogP contribution in [-0.2, 0) is 0 Å². The molecule has 1 aromatic heterocycles. The Balaban J connectivity index is 2.62. The summed E-state index contributed by atoms with van der Waals surface area (Å²) in [4.78, 5) is 83.4. The Morgan fingerprint density at radius 1 is 0.513 bits per heavy atom. The zero-order valence-electron chi connectivity index (χ0n) is 17.9. The van der Waals surface area contributed by atoms with Gasteiger partial charge in [-0.2, -0.15) is 0 Å². The Labute approximate surface area is 206 Å². The Kier molecular flexibility index (Phi) is 6.40. The molecule has 2 aromatic carbocycles. The van der Waals surface area contributed by atoms with Crippen LogP contribution in [0, 0.1) is 70.8 Å². The minimum absolute atomic E-state index is 0.104. The van der Waals surface area contributed by atoms with E-state index in [0.29, 0.717) is 0 Å². The molecule has 0 fully saturated rings. The van der Waals surface area contributed by atoms with Crippen molar-refractivity contribution in [3.05, 3.63) is 106 Å². The summed E-state index contributed by atoms with van der Waals surface area (Å²) in [5, 5.41) is 83.3. The Morgan fingerprint density at radius 3 is 1.13 bits per heavy atom. The average molecular weight is 553 g/mol. The Morgan fingerprint density at radius 2 is 0.846 bits per heavy atom. The van der Waals surface area contributed by atoms with Gasteiger partial charge in [0, 0.05) is 5.10 Å². The lowest BCUT2D eigenvalue weighted by atomic mass is 10.2. The number of rotatable bonds is 9. The van der Waals surface area contributed by atoms with E-state index >= 15 is 0 Å². The van der Waals surface area contributed by atoms with E-state index in [1.54, 1.807) is 0 Å². The summed E-state index contributed by atoms with van der Waals surface area (Å²) in [6, 6.07) is 0.478. The number of hydrogen-bond donors (Lipinski definition) is 0. The van der Waals surface area contributed by atoms with Crippen molar-refractivity contribution in [2.24, 2.45) is 0 Å². The van der Waals surface area contributed by atoms with Crippen LogP contribution in [0.15, 0.2) is 29.1 Å². The van der Waals surface area contributed by atoms with Crippen LogP contribution in [0.25, 0.3) is 11.4 Å². The Bertz CT molecular complexity index is 1670. The van der Waals surface area contributed by atoms with E-state index in [1.165, 1.54) is 0 Å². The zero-order chi connectivity index (χ0) is 29.5. The number of aromatic nitrogens is 3. The fourth-order valence-electron chi connectivity index (χ4n) is 3.21. The molecular weight excluding hydrogens is 549 g/mol. The molecule has 0 aliphatic heterocycles. The number of benzene rings is 2. The summed E-state index contributed by atoms with van der Waals surface area (Å²) in [5.74, 6) is -1.82. The maximum Gasteiger partial charge on any atom is 0.465 e. The molecule has 39 heavy (non-hydrogen) atoms. The minimum Gasteiger partial charge on any atom is -0.390 e. The third-order valence-corrected chi connectivity index (χ3v) is 4.68. The normalized spacial score (nSPS) is 10.6. The van der Waals surface area contributed by atoms with E-state index in [4.69, 9.17) is 0 Å². The highest BCUT2D eigenvalue weighted by Crippen LogP contribution is 2.39. The van der Waals surface area contributed by atoms with Crippen molar-refractivity contribution in [1.82, 2.24) is 14.3 Å². The smallest absolute Gasteiger partial charge is 0.390 e. The summed E-state index contributed by atoms with van der Waals surface area (Å²) in [7, 11) is 0. The summed E-state index contributed by atoms with van der Waals surface area (Å²) in [6.45, 7) is 0. The predicted molar refractivity (Wildman–Crippen MR) is 116 cm³/mol. The molecular formula is C14H4N10O15. The van der Waals surface area contributed by atoms with Crippen LogP contribution in [-0.4, -0.2) is 48.8 Å². The third kappa shape index (κ3) is 4.46. The van der Waals surface area contributed by atoms with E-state index in [-0.39, 0.29) is 24.3 Å². The van der Waals surface area contributed by atoms with E-state index in [0.717, 1.165) is 0 Å². The van der Waals surface area contributed by atoms with Gasteiger partial charge >= 0.3 is 34.4 Å². The molecule has 3 aromatic rings. The summed E-state index contributed by atoms with van der Waals surface area (Å²) < 4.78 is -0.832. The van der Waals surface area contributed by atoms with Gasteiger partial charge in [0.25, 0.3) is 17.1 Å². The molecule has 1 heterocycles. The number of nitrogens with zero attached hydrogens (tertiary/aromatic N) is 10. The van der Waals surface area contributed by atoms with Crippen LogP contribution >= 0.6 is 0 Å². The van der Waals surface area contributed by atoms with Gasteiger partial charge in [-0.05, 0) is 4.92 Å². The second-order valence-corrected chi connectivity index (χ2v) is 6.79. The van der Waals surface area contributed by atoms with E-state index in [9.17, 15) is 75.6 Å². The van der Waals surface area contributed by atoms with Crippen LogP contribution in [0.1, 0.15) is 0 Å². The molecule has 0 saturated heterocycles. The topological polar surface area (TPSA) is 342 Å². The van der Waals surface area contributed by atoms with Gasteiger partial charge in [0.1, 0.15) is 0 Å².